The van der Waals surface area contributed by atoms with Crippen molar-refractivity contribution in [3.63, 3.8) is 0 Å². The summed E-state index contributed by atoms with van der Waals surface area (Å²) in [5.41, 5.74) is 6.96. The molecule has 3 rings (SSSR count). The van der Waals surface area contributed by atoms with Gasteiger partial charge in [-0.15, -0.1) is 0 Å². The van der Waals surface area contributed by atoms with E-state index >= 15 is 0 Å². The zero-order chi connectivity index (χ0) is 22.6. The van der Waals surface area contributed by atoms with E-state index in [0.29, 0.717) is 0 Å². The van der Waals surface area contributed by atoms with Crippen LogP contribution in [0.1, 0.15) is 42.7 Å². The van der Waals surface area contributed by atoms with Crippen molar-refractivity contribution in [2.24, 2.45) is 12.0 Å². The van der Waals surface area contributed by atoms with Crippen molar-refractivity contribution in [2.45, 2.75) is 33.6 Å². The van der Waals surface area contributed by atoms with E-state index in [0.717, 1.165) is 35.4 Å². The maximum Gasteiger partial charge on any atom is 0.118 e. The summed E-state index contributed by atoms with van der Waals surface area (Å²) in [4.78, 5) is 3.81. The highest BCUT2D eigenvalue weighted by Gasteiger charge is 2.05. The third kappa shape index (κ3) is 6.76. The van der Waals surface area contributed by atoms with Crippen LogP contribution in [-0.4, -0.2) is 18.4 Å². The smallest absolute Gasteiger partial charge is 0.118 e. The molecule has 1 heterocycles. The van der Waals surface area contributed by atoms with Gasteiger partial charge in [0.2, 0.25) is 0 Å². The van der Waals surface area contributed by atoms with Crippen molar-refractivity contribution in [1.29, 1.82) is 0 Å². The molecule has 0 bridgehead atoms. The van der Waals surface area contributed by atoms with E-state index in [1.807, 2.05) is 39.1 Å². The first-order valence-corrected chi connectivity index (χ1v) is 10.6. The first-order chi connectivity index (χ1) is 15.1. The van der Waals surface area contributed by atoms with Crippen LogP contribution in [0.15, 0.2) is 65.9 Å². The van der Waals surface area contributed by atoms with Crippen LogP contribution in [-0.2, 0) is 13.5 Å². The molecule has 31 heavy (non-hydrogen) atoms. The molecular weight excluding hydrogens is 380 g/mol. The molecular formula is C28H32N2O. The normalized spacial score (nSPS) is 10.1. The molecule has 0 amide bonds. The Morgan fingerprint density at radius 3 is 2.48 bits per heavy atom. The molecule has 3 aromatic rings. The van der Waals surface area contributed by atoms with E-state index in [9.17, 15) is 0 Å². The molecule has 2 aromatic carbocycles. The highest BCUT2D eigenvalue weighted by atomic mass is 16.5. The van der Waals surface area contributed by atoms with Crippen molar-refractivity contribution in [1.82, 2.24) is 4.57 Å². The SMILES string of the molecule is C=N/C=C\c1cc(-c2cc(C#CCCc3ccc(OC)cc3)n(C)c2)ccc1C.CC. The fourth-order valence-electron chi connectivity index (χ4n) is 3.13. The average Bonchev–Trinajstić information content (AvgIpc) is 3.18. The Labute approximate surface area is 187 Å². The molecule has 1 aromatic heterocycles. The second kappa shape index (κ2) is 12.2. The molecule has 0 aliphatic carbocycles. The molecule has 0 aliphatic heterocycles. The van der Waals surface area contributed by atoms with Crippen LogP contribution in [0.5, 0.6) is 5.75 Å². The minimum atomic E-state index is 0.820. The standard InChI is InChI=1S/C26H26N2O.C2H6/c1-20-9-12-23(17-22(20)15-16-27-2)24-18-25(28(3)19-24)8-6-5-7-21-10-13-26(29-4)14-11-21;1-2/h9-19H,2,5,7H2,1,3-4H3;1-2H3/b16-15-;. The maximum absolute atomic E-state index is 5.20. The summed E-state index contributed by atoms with van der Waals surface area (Å²) in [5, 5.41) is 0. The number of aliphatic imine (C=N–C) groups is 1. The summed E-state index contributed by atoms with van der Waals surface area (Å²) in [7, 11) is 3.72. The predicted octanol–water partition coefficient (Wildman–Crippen LogP) is 6.69. The Kier molecular flexibility index (Phi) is 9.39. The van der Waals surface area contributed by atoms with Crippen molar-refractivity contribution < 1.29 is 4.74 Å². The van der Waals surface area contributed by atoms with Crippen LogP contribution in [0.2, 0.25) is 0 Å². The zero-order valence-electron chi connectivity index (χ0n) is 19.3. The quantitative estimate of drug-likeness (QED) is 0.327. The fraction of sp³-hybridized carbons (Fsp3) is 0.250. The third-order valence-electron chi connectivity index (χ3n) is 4.89. The van der Waals surface area contributed by atoms with Gasteiger partial charge in [0.15, 0.2) is 0 Å². The van der Waals surface area contributed by atoms with Gasteiger partial charge in [0.25, 0.3) is 0 Å². The summed E-state index contributed by atoms with van der Waals surface area (Å²) in [5.74, 6) is 7.49. The Bertz CT molecular complexity index is 1080. The zero-order valence-corrected chi connectivity index (χ0v) is 19.3. The lowest BCUT2D eigenvalue weighted by Crippen LogP contribution is -1.89. The van der Waals surface area contributed by atoms with Crippen LogP contribution in [0, 0.1) is 18.8 Å². The van der Waals surface area contributed by atoms with Gasteiger partial charge >= 0.3 is 0 Å². The highest BCUT2D eigenvalue weighted by Crippen LogP contribution is 2.25. The molecule has 0 aliphatic rings. The topological polar surface area (TPSA) is 26.5 Å². The molecule has 3 nitrogen and oxygen atoms in total. The Balaban J connectivity index is 0.00000166. The van der Waals surface area contributed by atoms with E-state index < -0.39 is 0 Å². The first kappa shape index (κ1) is 23.8. The van der Waals surface area contributed by atoms with E-state index in [-0.39, 0.29) is 0 Å². The van der Waals surface area contributed by atoms with Crippen LogP contribution >= 0.6 is 0 Å². The van der Waals surface area contributed by atoms with Crippen molar-refractivity contribution in [3.8, 4) is 28.7 Å². The number of aryl methyl sites for hydroxylation is 3. The maximum atomic E-state index is 5.20. The summed E-state index contributed by atoms with van der Waals surface area (Å²) in [6.07, 6.45) is 7.57. The summed E-state index contributed by atoms with van der Waals surface area (Å²) in [6.45, 7) is 9.60. The van der Waals surface area contributed by atoms with E-state index in [2.05, 4.69) is 77.6 Å². The van der Waals surface area contributed by atoms with Gasteiger partial charge in [-0.2, -0.15) is 0 Å². The van der Waals surface area contributed by atoms with Gasteiger partial charge in [-0.1, -0.05) is 44.0 Å². The average molecular weight is 413 g/mol. The number of hydrogen-bond acceptors (Lipinski definition) is 2. The van der Waals surface area contributed by atoms with E-state index in [1.165, 1.54) is 16.7 Å². The lowest BCUT2D eigenvalue weighted by atomic mass is 10.0. The second-order valence-corrected chi connectivity index (χ2v) is 6.94. The molecule has 0 fully saturated rings. The van der Waals surface area contributed by atoms with Gasteiger partial charge in [-0.3, -0.25) is 4.99 Å². The summed E-state index contributed by atoms with van der Waals surface area (Å²) < 4.78 is 7.28. The number of rotatable bonds is 6. The summed E-state index contributed by atoms with van der Waals surface area (Å²) in [6, 6.07) is 16.7. The molecule has 0 atom stereocenters. The first-order valence-electron chi connectivity index (χ1n) is 10.6. The van der Waals surface area contributed by atoms with E-state index in [4.69, 9.17) is 4.74 Å². The van der Waals surface area contributed by atoms with Gasteiger partial charge < -0.3 is 9.30 Å². The van der Waals surface area contributed by atoms with Crippen molar-refractivity contribution >= 4 is 12.8 Å². The number of ether oxygens (including phenoxy) is 1. The van der Waals surface area contributed by atoms with E-state index in [1.54, 1.807) is 13.3 Å². The van der Waals surface area contributed by atoms with Crippen molar-refractivity contribution in [2.75, 3.05) is 7.11 Å². The number of benzene rings is 2. The molecule has 3 heteroatoms. The molecule has 0 spiro atoms. The monoisotopic (exact) mass is 412 g/mol. The minimum absolute atomic E-state index is 0.820. The molecule has 0 saturated carbocycles. The van der Waals surface area contributed by atoms with Gasteiger partial charge in [0.05, 0.1) is 12.8 Å². The van der Waals surface area contributed by atoms with Gasteiger partial charge in [0, 0.05) is 31.4 Å². The third-order valence-corrected chi connectivity index (χ3v) is 4.89. The Morgan fingerprint density at radius 2 is 1.81 bits per heavy atom. The minimum Gasteiger partial charge on any atom is -0.497 e. The van der Waals surface area contributed by atoms with Gasteiger partial charge in [0.1, 0.15) is 5.75 Å². The predicted molar refractivity (Wildman–Crippen MR) is 134 cm³/mol. The lowest BCUT2D eigenvalue weighted by Gasteiger charge is -2.04. The largest absolute Gasteiger partial charge is 0.497 e. The Hall–Kier alpha value is -3.51. The molecule has 0 unspecified atom stereocenters. The summed E-state index contributed by atoms with van der Waals surface area (Å²) >= 11 is 0. The molecule has 160 valence electrons. The highest BCUT2D eigenvalue weighted by molar-refractivity contribution is 5.70. The van der Waals surface area contributed by atoms with Crippen LogP contribution in [0.4, 0.5) is 0 Å². The van der Waals surface area contributed by atoms with Crippen LogP contribution < -0.4 is 4.74 Å². The number of hydrogen-bond donors (Lipinski definition) is 0. The number of aromatic nitrogens is 1. The number of methoxy groups -OCH3 is 1. The molecule has 0 N–H and O–H groups in total. The number of nitrogens with zero attached hydrogens (tertiary/aromatic N) is 2. The molecule has 0 radical (unpaired) electrons. The fourth-order valence-corrected chi connectivity index (χ4v) is 3.13. The van der Waals surface area contributed by atoms with Crippen LogP contribution in [0.3, 0.4) is 0 Å². The van der Waals surface area contributed by atoms with Gasteiger partial charge in [-0.25, -0.2) is 0 Å². The lowest BCUT2D eigenvalue weighted by molar-refractivity contribution is 0.414. The molecule has 0 saturated heterocycles. The van der Waals surface area contributed by atoms with Crippen LogP contribution in [0.25, 0.3) is 17.2 Å². The van der Waals surface area contributed by atoms with Crippen molar-refractivity contribution in [3.05, 3.63) is 83.3 Å². The van der Waals surface area contributed by atoms with Gasteiger partial charge in [-0.05, 0) is 78.6 Å². The second-order valence-electron chi connectivity index (χ2n) is 6.94. The Morgan fingerprint density at radius 1 is 1.06 bits per heavy atom.